The molecule has 1 aliphatic rings. The van der Waals surface area contributed by atoms with Crippen molar-refractivity contribution < 1.29 is 4.74 Å². The van der Waals surface area contributed by atoms with Crippen LogP contribution in [0, 0.1) is 0 Å². The zero-order valence-electron chi connectivity index (χ0n) is 12.5. The van der Waals surface area contributed by atoms with E-state index in [2.05, 4.69) is 23.8 Å². The van der Waals surface area contributed by atoms with Crippen molar-refractivity contribution in [3.05, 3.63) is 0 Å². The fourth-order valence-electron chi connectivity index (χ4n) is 2.35. The molecule has 0 aromatic heterocycles. The first-order chi connectivity index (χ1) is 8.83. The molecule has 0 N–H and O–H groups in total. The second-order valence-corrected chi connectivity index (χ2v) is 5.53. The van der Waals surface area contributed by atoms with Crippen LogP contribution in [0.15, 0.2) is 0 Å². The van der Waals surface area contributed by atoms with Crippen molar-refractivity contribution >= 4 is 0 Å². The summed E-state index contributed by atoms with van der Waals surface area (Å²) in [7, 11) is 2.20. The van der Waals surface area contributed by atoms with Crippen molar-refractivity contribution in [1.29, 1.82) is 0 Å². The number of rotatable bonds is 10. The smallest absolute Gasteiger partial charge is 0.0593 e. The van der Waals surface area contributed by atoms with Gasteiger partial charge in [0.2, 0.25) is 0 Å². The maximum absolute atomic E-state index is 5.71. The average molecular weight is 256 g/mol. The Hall–Kier alpha value is -0.120. The predicted molar refractivity (Wildman–Crippen MR) is 78.1 cm³/mol. The molecule has 1 fully saturated rings. The van der Waals surface area contributed by atoms with E-state index in [0.29, 0.717) is 0 Å². The maximum atomic E-state index is 5.71. The standard InChI is InChI=1S/C15H32N2O/c1-3-4-5-6-7-8-14-18-15-13-17-11-9-16(2)10-12-17/h3-15H2,1-2H3. The number of unbranched alkanes of at least 4 members (excludes halogenated alkanes) is 5. The summed E-state index contributed by atoms with van der Waals surface area (Å²) >= 11 is 0. The van der Waals surface area contributed by atoms with Gasteiger partial charge in [-0.25, -0.2) is 0 Å². The van der Waals surface area contributed by atoms with Crippen molar-refractivity contribution in [2.45, 2.75) is 45.4 Å². The average Bonchev–Trinajstić information content (AvgIpc) is 2.39. The predicted octanol–water partition coefficient (Wildman–Crippen LogP) is 2.61. The van der Waals surface area contributed by atoms with E-state index in [0.717, 1.165) is 19.8 Å². The highest BCUT2D eigenvalue weighted by Gasteiger charge is 2.12. The minimum absolute atomic E-state index is 0.915. The number of hydrogen-bond acceptors (Lipinski definition) is 3. The molecule has 3 heteroatoms. The lowest BCUT2D eigenvalue weighted by molar-refractivity contribution is 0.0799. The van der Waals surface area contributed by atoms with Gasteiger partial charge in [0, 0.05) is 39.3 Å². The molecule has 1 aliphatic heterocycles. The summed E-state index contributed by atoms with van der Waals surface area (Å²) in [5, 5.41) is 0. The first-order valence-electron chi connectivity index (χ1n) is 7.81. The maximum Gasteiger partial charge on any atom is 0.0593 e. The van der Waals surface area contributed by atoms with Crippen LogP contribution >= 0.6 is 0 Å². The number of nitrogens with zero attached hydrogens (tertiary/aromatic N) is 2. The van der Waals surface area contributed by atoms with Gasteiger partial charge < -0.3 is 9.64 Å². The van der Waals surface area contributed by atoms with Gasteiger partial charge in [0.1, 0.15) is 0 Å². The van der Waals surface area contributed by atoms with Gasteiger partial charge in [-0.3, -0.25) is 4.90 Å². The molecule has 0 aliphatic carbocycles. The largest absolute Gasteiger partial charge is 0.380 e. The molecule has 1 heterocycles. The fourth-order valence-corrected chi connectivity index (χ4v) is 2.35. The highest BCUT2D eigenvalue weighted by atomic mass is 16.5. The van der Waals surface area contributed by atoms with Crippen LogP contribution in [0.1, 0.15) is 45.4 Å². The summed E-state index contributed by atoms with van der Waals surface area (Å²) in [4.78, 5) is 4.91. The quantitative estimate of drug-likeness (QED) is 0.559. The molecule has 0 saturated carbocycles. The molecule has 0 radical (unpaired) electrons. The SMILES string of the molecule is CCCCCCCCOCCN1CCN(C)CC1. The molecule has 0 atom stereocenters. The summed E-state index contributed by atoms with van der Waals surface area (Å²) in [5.74, 6) is 0. The topological polar surface area (TPSA) is 15.7 Å². The van der Waals surface area contributed by atoms with Gasteiger partial charge in [-0.1, -0.05) is 39.0 Å². The molecular weight excluding hydrogens is 224 g/mol. The molecule has 108 valence electrons. The first-order valence-corrected chi connectivity index (χ1v) is 7.81. The highest BCUT2D eigenvalue weighted by Crippen LogP contribution is 2.05. The van der Waals surface area contributed by atoms with E-state index in [1.807, 2.05) is 0 Å². The molecule has 3 nitrogen and oxygen atoms in total. The van der Waals surface area contributed by atoms with Crippen LogP contribution in [0.25, 0.3) is 0 Å². The van der Waals surface area contributed by atoms with Gasteiger partial charge in [-0.15, -0.1) is 0 Å². The normalized spacial score (nSPS) is 18.3. The Kier molecular flexibility index (Phi) is 9.54. The Bertz CT molecular complexity index is 179. The van der Waals surface area contributed by atoms with Crippen LogP contribution in [-0.4, -0.2) is 62.8 Å². The molecular formula is C15H32N2O. The Balaban J connectivity index is 1.78. The van der Waals surface area contributed by atoms with Crippen molar-refractivity contribution in [1.82, 2.24) is 9.80 Å². The third-order valence-corrected chi connectivity index (χ3v) is 3.79. The molecule has 1 rings (SSSR count). The van der Waals surface area contributed by atoms with Crippen LogP contribution < -0.4 is 0 Å². The van der Waals surface area contributed by atoms with Crippen LogP contribution in [0.3, 0.4) is 0 Å². The summed E-state index contributed by atoms with van der Waals surface area (Å²) in [5.41, 5.74) is 0. The minimum Gasteiger partial charge on any atom is -0.380 e. The first kappa shape index (κ1) is 15.9. The molecule has 0 unspecified atom stereocenters. The zero-order chi connectivity index (χ0) is 13.1. The van der Waals surface area contributed by atoms with Crippen LogP contribution in [-0.2, 0) is 4.74 Å². The van der Waals surface area contributed by atoms with E-state index in [1.165, 1.54) is 64.7 Å². The molecule has 0 spiro atoms. The number of likely N-dealkylation sites (N-methyl/N-ethyl adjacent to an activating group) is 1. The summed E-state index contributed by atoms with van der Waals surface area (Å²) in [6.45, 7) is 10.1. The van der Waals surface area contributed by atoms with E-state index >= 15 is 0 Å². The second kappa shape index (κ2) is 10.8. The van der Waals surface area contributed by atoms with E-state index in [9.17, 15) is 0 Å². The van der Waals surface area contributed by atoms with Gasteiger partial charge in [-0.2, -0.15) is 0 Å². The summed E-state index contributed by atoms with van der Waals surface area (Å²) in [6, 6.07) is 0. The van der Waals surface area contributed by atoms with Crippen molar-refractivity contribution in [2.24, 2.45) is 0 Å². The fraction of sp³-hybridized carbons (Fsp3) is 1.00. The van der Waals surface area contributed by atoms with E-state index in [1.54, 1.807) is 0 Å². The summed E-state index contributed by atoms with van der Waals surface area (Å²) in [6.07, 6.45) is 8.10. The molecule has 18 heavy (non-hydrogen) atoms. The Morgan fingerprint density at radius 1 is 0.833 bits per heavy atom. The molecule has 1 saturated heterocycles. The molecule has 0 aromatic rings. The van der Waals surface area contributed by atoms with Crippen molar-refractivity contribution in [2.75, 3.05) is 53.0 Å². The second-order valence-electron chi connectivity index (χ2n) is 5.53. The molecule has 0 bridgehead atoms. The van der Waals surface area contributed by atoms with Gasteiger partial charge in [-0.05, 0) is 13.5 Å². The van der Waals surface area contributed by atoms with Crippen LogP contribution in [0.4, 0.5) is 0 Å². The van der Waals surface area contributed by atoms with Crippen molar-refractivity contribution in [3.8, 4) is 0 Å². The molecule has 0 aromatic carbocycles. The number of piperazine rings is 1. The van der Waals surface area contributed by atoms with Gasteiger partial charge in [0.25, 0.3) is 0 Å². The lowest BCUT2D eigenvalue weighted by atomic mass is 10.1. The van der Waals surface area contributed by atoms with E-state index in [4.69, 9.17) is 4.74 Å². The monoisotopic (exact) mass is 256 g/mol. The third kappa shape index (κ3) is 8.06. The third-order valence-electron chi connectivity index (χ3n) is 3.79. The Morgan fingerprint density at radius 2 is 1.50 bits per heavy atom. The zero-order valence-corrected chi connectivity index (χ0v) is 12.5. The number of ether oxygens (including phenoxy) is 1. The minimum atomic E-state index is 0.915. The number of hydrogen-bond donors (Lipinski definition) is 0. The van der Waals surface area contributed by atoms with E-state index in [-0.39, 0.29) is 0 Å². The Labute approximate surface area is 113 Å². The summed E-state index contributed by atoms with van der Waals surface area (Å²) < 4.78 is 5.71. The van der Waals surface area contributed by atoms with Gasteiger partial charge in [0.15, 0.2) is 0 Å². The lowest BCUT2D eigenvalue weighted by Gasteiger charge is -2.32. The van der Waals surface area contributed by atoms with Gasteiger partial charge >= 0.3 is 0 Å². The van der Waals surface area contributed by atoms with Crippen LogP contribution in [0.2, 0.25) is 0 Å². The Morgan fingerprint density at radius 3 is 2.22 bits per heavy atom. The van der Waals surface area contributed by atoms with E-state index < -0.39 is 0 Å². The van der Waals surface area contributed by atoms with Gasteiger partial charge in [0.05, 0.1) is 6.61 Å². The molecule has 0 amide bonds. The lowest BCUT2D eigenvalue weighted by Crippen LogP contribution is -2.45. The van der Waals surface area contributed by atoms with Crippen LogP contribution in [0.5, 0.6) is 0 Å². The van der Waals surface area contributed by atoms with Crippen molar-refractivity contribution in [3.63, 3.8) is 0 Å². The highest BCUT2D eigenvalue weighted by molar-refractivity contribution is 4.68.